The van der Waals surface area contributed by atoms with E-state index in [-0.39, 0.29) is 186 Å². The fourth-order valence-corrected chi connectivity index (χ4v) is 8.71. The Morgan fingerprint density at radius 1 is 0.674 bits per heavy atom. The maximum Gasteiger partial charge on any atom is 1.00 e. The Balaban J connectivity index is 0.000000584. The molecule has 0 spiro atoms. The quantitative estimate of drug-likeness (QED) is 0.00961. The van der Waals surface area contributed by atoms with Crippen molar-refractivity contribution >= 4 is 95.9 Å². The first-order valence-electron chi connectivity index (χ1n) is 21.8. The van der Waals surface area contributed by atoms with Crippen LogP contribution in [-0.4, -0.2) is 127 Å². The topological polar surface area (TPSA) is 574 Å². The van der Waals surface area contributed by atoms with Crippen LogP contribution in [0.5, 0.6) is 0 Å². The molecule has 0 saturated carbocycles. The van der Waals surface area contributed by atoms with Crippen LogP contribution in [0.15, 0.2) is 106 Å². The van der Waals surface area contributed by atoms with Crippen molar-refractivity contribution < 1.29 is 151 Å². The number of halogens is 6. The molecule has 0 radical (unpaired) electrons. The monoisotopic (exact) mass is 1490 g/mol. The van der Waals surface area contributed by atoms with Gasteiger partial charge in [-0.25, -0.2) is 81.8 Å². The van der Waals surface area contributed by atoms with Crippen molar-refractivity contribution in [1.82, 2.24) is 50.4 Å². The third-order valence-electron chi connectivity index (χ3n) is 9.59. The van der Waals surface area contributed by atoms with Crippen molar-refractivity contribution in [3.05, 3.63) is 139 Å². The number of primary sulfonamides is 3. The van der Waals surface area contributed by atoms with Crippen molar-refractivity contribution in [2.75, 3.05) is 23.8 Å². The Kier molecular flexibility index (Phi) is 33.1. The zero-order chi connectivity index (χ0) is 61.8. The molecule has 0 unspecified atom stereocenters. The molecular weight excluding hydrogens is 1450 g/mol. The molecule has 8 rings (SSSR count). The number of rotatable bonds is 19. The van der Waals surface area contributed by atoms with Crippen LogP contribution in [0, 0.1) is 27.6 Å². The van der Waals surface area contributed by atoms with E-state index in [1.54, 1.807) is 12.1 Å². The third-order valence-corrected chi connectivity index (χ3v) is 13.9. The van der Waals surface area contributed by atoms with E-state index < -0.39 is 75.5 Å². The Hall–Kier alpha value is -5.86. The summed E-state index contributed by atoms with van der Waals surface area (Å²) in [5.74, 6) is -4.87. The maximum absolute atomic E-state index is 13.4. The molecule has 0 bridgehead atoms. The van der Waals surface area contributed by atoms with Crippen molar-refractivity contribution in [1.29, 1.82) is 0 Å². The first-order valence-corrected chi connectivity index (χ1v) is 29.3. The largest absolute Gasteiger partial charge is 1.00 e. The van der Waals surface area contributed by atoms with Crippen LogP contribution in [0.1, 0.15) is 35.5 Å². The van der Waals surface area contributed by atoms with Gasteiger partial charge in [0.25, 0.3) is 12.2 Å². The van der Waals surface area contributed by atoms with Gasteiger partial charge in [0.1, 0.15) is 34.6 Å². The Morgan fingerprint density at radius 3 is 1.51 bits per heavy atom. The third kappa shape index (κ3) is 24.4. The van der Waals surface area contributed by atoms with Gasteiger partial charge in [-0.15, -0.1) is 4.63 Å². The number of nitrogens with zero attached hydrogens (tertiary/aromatic N) is 12. The van der Waals surface area contributed by atoms with E-state index in [1.165, 1.54) is 30.3 Å². The summed E-state index contributed by atoms with van der Waals surface area (Å²) in [5, 5.41) is 74.5. The molecular formula is C39H38Br3F3N16Na2O20S3. The van der Waals surface area contributed by atoms with Crippen molar-refractivity contribution in [2.24, 2.45) is 26.3 Å². The number of aryl methyl sites for hydroxylation is 2. The van der Waals surface area contributed by atoms with Crippen LogP contribution in [0.2, 0.25) is 0 Å². The van der Waals surface area contributed by atoms with E-state index in [0.717, 1.165) is 21.3 Å². The van der Waals surface area contributed by atoms with E-state index in [2.05, 4.69) is 127 Å². The molecule has 5 heterocycles. The predicted octanol–water partition coefficient (Wildman–Crippen LogP) is -5.20. The molecule has 5 aromatic heterocycles. The molecule has 0 aliphatic rings. The average Bonchev–Trinajstić information content (AvgIpc) is 2.74. The van der Waals surface area contributed by atoms with E-state index in [4.69, 9.17) is 26.1 Å². The number of sulfonamides is 3. The summed E-state index contributed by atoms with van der Waals surface area (Å²) in [4.78, 5) is 45.1. The molecule has 0 atom stereocenters. The summed E-state index contributed by atoms with van der Waals surface area (Å²) in [7, 11) is -10.5. The fraction of sp³-hybridized carbons (Fsp3) is 0.231. The number of hydrogen-bond donors (Lipinski definition) is 5. The van der Waals surface area contributed by atoms with Gasteiger partial charge in [0.2, 0.25) is 41.7 Å². The van der Waals surface area contributed by atoms with Gasteiger partial charge in [-0.05, 0) is 148 Å². The van der Waals surface area contributed by atoms with Crippen LogP contribution in [-0.2, 0) is 59.0 Å². The minimum atomic E-state index is -3.62. The molecule has 47 heteroatoms. The molecule has 86 heavy (non-hydrogen) atoms. The summed E-state index contributed by atoms with van der Waals surface area (Å²) in [5.41, 5.74) is 6.69. The summed E-state index contributed by atoms with van der Waals surface area (Å²) in [6, 6.07) is 11.9. The number of benzene rings is 3. The Bertz CT molecular complexity index is 4040. The van der Waals surface area contributed by atoms with Crippen LogP contribution in [0.3, 0.4) is 0 Å². The Labute approximate surface area is 548 Å². The summed E-state index contributed by atoms with van der Waals surface area (Å²) in [6.07, 6.45) is 0.960. The summed E-state index contributed by atoms with van der Waals surface area (Å²) in [6.45, 7) is -0.0845. The first-order chi connectivity index (χ1) is 39.0. The van der Waals surface area contributed by atoms with Gasteiger partial charge in [-0.2, -0.15) is 0 Å². The van der Waals surface area contributed by atoms with Crippen molar-refractivity contribution in [2.45, 2.75) is 32.1 Å². The minimum absolute atomic E-state index is 0. The fourth-order valence-electron chi connectivity index (χ4n) is 6.13. The smallest absolute Gasteiger partial charge is 0.870 e. The number of hydrogen-bond acceptors (Lipinski definition) is 30. The molecule has 8 aromatic rings. The molecule has 0 aliphatic heterocycles. The molecule has 0 saturated heterocycles. The van der Waals surface area contributed by atoms with E-state index in [1.807, 2.05) is 0 Å². The van der Waals surface area contributed by atoms with Crippen LogP contribution in [0.4, 0.5) is 19.0 Å². The number of nitro groups is 1. The van der Waals surface area contributed by atoms with E-state index >= 15 is 0 Å². The van der Waals surface area contributed by atoms with Crippen molar-refractivity contribution in [3.8, 4) is 34.4 Å². The van der Waals surface area contributed by atoms with E-state index in [9.17, 15) is 63.3 Å². The second-order valence-electron chi connectivity index (χ2n) is 15.5. The van der Waals surface area contributed by atoms with Crippen LogP contribution < -0.4 is 97.0 Å². The molecule has 36 nitrogen and oxygen atoms in total. The number of oxime groups is 1. The molecule has 0 aliphatic carbocycles. The molecule has 0 fully saturated rings. The SMILES string of the molecule is NCCS(N)(=O)=O.NS(=O)(=O)CCCc1nonc1-c1noc(=O)n1-c1ccc(F)c(Br)c1.NS(=O)(=O)CCCc1nonc1/C(Cc1ccc(F)c(Br)c1)=N/O.O=CO[O-].O=c1onc(-c2nonc2[N+](=O)[O-])n1-c1ccc(F)c(Br)c1.[Na+].[Na+].[OH-]. The van der Waals surface area contributed by atoms with Gasteiger partial charge in [0.05, 0.1) is 42.1 Å². The van der Waals surface area contributed by atoms with Gasteiger partial charge in [0.15, 0.2) is 16.5 Å². The van der Waals surface area contributed by atoms with Gasteiger partial charge in [0, 0.05) is 13.0 Å². The van der Waals surface area contributed by atoms with Crippen LogP contribution >= 0.6 is 47.8 Å². The maximum atomic E-state index is 13.4. The molecule has 456 valence electrons. The second-order valence-corrected chi connectivity index (χ2v) is 23.3. The Morgan fingerprint density at radius 2 is 1.09 bits per heavy atom. The van der Waals surface area contributed by atoms with Crippen molar-refractivity contribution in [3.63, 3.8) is 0 Å². The van der Waals surface area contributed by atoms with Gasteiger partial charge >= 0.3 is 76.4 Å². The number of carbonyl (C=O) groups is 1. The average molecular weight is 1490 g/mol. The first kappa shape index (κ1) is 78.2. The zero-order valence-electron chi connectivity index (χ0n) is 43.5. The van der Waals surface area contributed by atoms with Gasteiger partial charge < -0.3 is 36.7 Å². The number of carbonyl (C=O) groups excluding carboxylic acids is 1. The summed E-state index contributed by atoms with van der Waals surface area (Å²) >= 11 is 9.09. The van der Waals surface area contributed by atoms with Crippen LogP contribution in [0.25, 0.3) is 34.4 Å². The zero-order valence-corrected chi connectivity index (χ0v) is 54.8. The molecule has 10 N–H and O–H groups in total. The number of aromatic nitrogens is 10. The molecule has 0 amide bonds. The standard InChI is InChI=1S/C13H11BrFN5O5S.C13H14BrFN4O4S.C10H3BrFN5O5.C2H8N2O2S.CH2O3.2Na.H2O/c14-8-6-7(3-4-9(8)15)20-12(19-24-13(20)21)11-10(17-25-18-11)2-1-5-26(16,22)23;14-9-6-8(3-4-10(9)15)7-12(17-20)13-11(18-23-19-13)2-1-5-24(16,21)22;11-5-3-4(1-2-6(5)12)16-8(14-21-10(16)18)7-9(17(19)20)15-22-13-7;3-1-2-7(4,5)6;2-1-4-3;;;/h3-4,6H,1-2,5H2,(H2,16,22,23);3-4,6,20H,1-2,5,7H2,(H2,16,21,22);1-3H;1-3H2,(H2,4,5,6);1,3H;;;1H2/q;;;;;2*+1;/p-2/b;17-12+;;;;;;. The van der Waals surface area contributed by atoms with E-state index in [0.29, 0.717) is 11.3 Å². The predicted molar refractivity (Wildman–Crippen MR) is 282 cm³/mol. The minimum Gasteiger partial charge on any atom is -0.870 e. The van der Waals surface area contributed by atoms with Gasteiger partial charge in [-0.3, -0.25) is 13.8 Å². The number of nitrogens with two attached hydrogens (primary N) is 4. The normalized spacial score (nSPS) is 11.0. The molecule has 3 aromatic carbocycles. The summed E-state index contributed by atoms with van der Waals surface area (Å²) < 4.78 is 129. The van der Waals surface area contributed by atoms with Gasteiger partial charge in [-0.1, -0.05) is 31.8 Å². The second kappa shape index (κ2) is 36.4.